The van der Waals surface area contributed by atoms with Crippen LogP contribution in [0.4, 0.5) is 0 Å². The molecule has 1 aromatic heterocycles. The molecule has 1 unspecified atom stereocenters. The standard InChI is InChI=1S/C23H27N5O/c1-2-24-23(26-16-21-14-19-8-6-7-11-22(19)29-21)25-13-12-18-15-27-28(17-18)20-9-4-3-5-10-20/h3-11,15,17,21H,2,12-14,16H2,1H3,(H2,24,25,26). The molecule has 2 N–H and O–H groups in total. The number of ether oxygens (including phenoxy) is 1. The zero-order chi connectivity index (χ0) is 19.9. The number of nitrogens with zero attached hydrogens (tertiary/aromatic N) is 3. The molecule has 2 aromatic carbocycles. The van der Waals surface area contributed by atoms with Gasteiger partial charge in [0.15, 0.2) is 5.96 Å². The Hall–Kier alpha value is -3.28. The van der Waals surface area contributed by atoms with Crippen LogP contribution in [0.15, 0.2) is 72.0 Å². The molecule has 0 amide bonds. The van der Waals surface area contributed by atoms with Gasteiger partial charge in [0.1, 0.15) is 11.9 Å². The van der Waals surface area contributed by atoms with Gasteiger partial charge in [-0.05, 0) is 42.7 Å². The smallest absolute Gasteiger partial charge is 0.191 e. The first kappa shape index (κ1) is 19.1. The number of fused-ring (bicyclic) bond motifs is 1. The van der Waals surface area contributed by atoms with Crippen LogP contribution in [0.3, 0.4) is 0 Å². The summed E-state index contributed by atoms with van der Waals surface area (Å²) in [6.07, 6.45) is 5.89. The summed E-state index contributed by atoms with van der Waals surface area (Å²) in [5.74, 6) is 1.81. The van der Waals surface area contributed by atoms with Crippen molar-refractivity contribution >= 4 is 5.96 Å². The highest BCUT2D eigenvalue weighted by atomic mass is 16.5. The second-order valence-corrected chi connectivity index (χ2v) is 7.08. The zero-order valence-corrected chi connectivity index (χ0v) is 16.7. The fourth-order valence-electron chi connectivity index (χ4n) is 3.43. The first-order valence-corrected chi connectivity index (χ1v) is 10.2. The molecule has 1 aliphatic rings. The second kappa shape index (κ2) is 9.28. The van der Waals surface area contributed by atoms with E-state index in [9.17, 15) is 0 Å². The van der Waals surface area contributed by atoms with E-state index in [0.29, 0.717) is 6.54 Å². The van der Waals surface area contributed by atoms with Gasteiger partial charge in [-0.3, -0.25) is 0 Å². The van der Waals surface area contributed by atoms with Crippen molar-refractivity contribution in [2.24, 2.45) is 4.99 Å². The summed E-state index contributed by atoms with van der Waals surface area (Å²) < 4.78 is 7.89. The van der Waals surface area contributed by atoms with Crippen molar-refractivity contribution in [3.8, 4) is 11.4 Å². The number of guanidine groups is 1. The van der Waals surface area contributed by atoms with E-state index in [1.807, 2.05) is 53.3 Å². The molecule has 1 aliphatic heterocycles. The first-order chi connectivity index (χ1) is 14.3. The molecule has 1 atom stereocenters. The van der Waals surface area contributed by atoms with Crippen molar-refractivity contribution in [3.63, 3.8) is 0 Å². The van der Waals surface area contributed by atoms with E-state index in [0.717, 1.165) is 43.3 Å². The molecule has 150 valence electrons. The summed E-state index contributed by atoms with van der Waals surface area (Å²) in [4.78, 5) is 4.71. The Morgan fingerprint density at radius 3 is 2.79 bits per heavy atom. The molecule has 0 bridgehead atoms. The minimum atomic E-state index is 0.104. The van der Waals surface area contributed by atoms with E-state index in [1.54, 1.807) is 0 Å². The highest BCUT2D eigenvalue weighted by molar-refractivity contribution is 5.79. The SMILES string of the molecule is CCNC(=NCC1Cc2ccccc2O1)NCCc1cnn(-c2ccccc2)c1. The van der Waals surface area contributed by atoms with Gasteiger partial charge in [0.05, 0.1) is 18.4 Å². The van der Waals surface area contributed by atoms with E-state index in [2.05, 4.69) is 41.0 Å². The maximum atomic E-state index is 5.98. The van der Waals surface area contributed by atoms with Crippen molar-refractivity contribution in [1.29, 1.82) is 0 Å². The third-order valence-corrected chi connectivity index (χ3v) is 4.87. The number of aliphatic imine (C=N–C) groups is 1. The van der Waals surface area contributed by atoms with E-state index < -0.39 is 0 Å². The molecule has 0 fully saturated rings. The third-order valence-electron chi connectivity index (χ3n) is 4.87. The lowest BCUT2D eigenvalue weighted by Crippen LogP contribution is -2.39. The van der Waals surface area contributed by atoms with Gasteiger partial charge in [0, 0.05) is 25.7 Å². The normalized spacial score (nSPS) is 15.6. The predicted molar refractivity (Wildman–Crippen MR) is 116 cm³/mol. The van der Waals surface area contributed by atoms with E-state index in [-0.39, 0.29) is 6.10 Å². The summed E-state index contributed by atoms with van der Waals surface area (Å²) in [6, 6.07) is 18.4. The number of para-hydroxylation sites is 2. The lowest BCUT2D eigenvalue weighted by atomic mass is 10.1. The number of aromatic nitrogens is 2. The van der Waals surface area contributed by atoms with E-state index >= 15 is 0 Å². The third kappa shape index (κ3) is 4.96. The van der Waals surface area contributed by atoms with Gasteiger partial charge in [-0.2, -0.15) is 5.10 Å². The van der Waals surface area contributed by atoms with Crippen LogP contribution in [0.1, 0.15) is 18.1 Å². The molecule has 2 heterocycles. The van der Waals surface area contributed by atoms with Crippen LogP contribution >= 0.6 is 0 Å². The molecule has 29 heavy (non-hydrogen) atoms. The van der Waals surface area contributed by atoms with Crippen LogP contribution in [-0.2, 0) is 12.8 Å². The minimum absolute atomic E-state index is 0.104. The van der Waals surface area contributed by atoms with Crippen LogP contribution in [0.5, 0.6) is 5.75 Å². The van der Waals surface area contributed by atoms with E-state index in [4.69, 9.17) is 9.73 Å². The Balaban J connectivity index is 1.28. The molecule has 0 saturated heterocycles. The molecule has 6 nitrogen and oxygen atoms in total. The molecular weight excluding hydrogens is 362 g/mol. The first-order valence-electron chi connectivity index (χ1n) is 10.2. The molecule has 4 rings (SSSR count). The van der Waals surface area contributed by atoms with Gasteiger partial charge in [-0.15, -0.1) is 0 Å². The summed E-state index contributed by atoms with van der Waals surface area (Å²) in [6.45, 7) is 4.32. The summed E-state index contributed by atoms with van der Waals surface area (Å²) in [5, 5.41) is 11.2. The van der Waals surface area contributed by atoms with Crippen molar-refractivity contribution in [2.45, 2.75) is 25.9 Å². The van der Waals surface area contributed by atoms with Crippen LogP contribution in [0, 0.1) is 0 Å². The molecule has 0 spiro atoms. The number of nitrogens with one attached hydrogen (secondary N) is 2. The van der Waals surface area contributed by atoms with Gasteiger partial charge >= 0.3 is 0 Å². The van der Waals surface area contributed by atoms with Crippen LogP contribution in [0.2, 0.25) is 0 Å². The summed E-state index contributed by atoms with van der Waals surface area (Å²) in [5.41, 5.74) is 3.52. The lowest BCUT2D eigenvalue weighted by molar-refractivity contribution is 0.241. The van der Waals surface area contributed by atoms with Crippen LogP contribution in [0.25, 0.3) is 5.69 Å². The average molecular weight is 390 g/mol. The fraction of sp³-hybridized carbons (Fsp3) is 0.304. The average Bonchev–Trinajstić information content (AvgIpc) is 3.39. The van der Waals surface area contributed by atoms with Crippen molar-refractivity contribution in [1.82, 2.24) is 20.4 Å². The Bertz CT molecular complexity index is 926. The predicted octanol–water partition coefficient (Wildman–Crippen LogP) is 2.97. The molecule has 0 saturated carbocycles. The van der Waals surface area contributed by atoms with Crippen molar-refractivity contribution < 1.29 is 4.74 Å². The van der Waals surface area contributed by atoms with Crippen LogP contribution < -0.4 is 15.4 Å². The Labute approximate surface area is 171 Å². The van der Waals surface area contributed by atoms with Crippen molar-refractivity contribution in [3.05, 3.63) is 78.1 Å². The number of benzene rings is 2. The van der Waals surface area contributed by atoms with Gasteiger partial charge in [-0.25, -0.2) is 9.67 Å². The Kier molecular flexibility index (Phi) is 6.10. The van der Waals surface area contributed by atoms with E-state index in [1.165, 1.54) is 11.1 Å². The highest BCUT2D eigenvalue weighted by Gasteiger charge is 2.21. The Morgan fingerprint density at radius 1 is 1.14 bits per heavy atom. The molecule has 0 radical (unpaired) electrons. The molecule has 0 aliphatic carbocycles. The monoisotopic (exact) mass is 389 g/mol. The summed E-state index contributed by atoms with van der Waals surface area (Å²) >= 11 is 0. The van der Waals surface area contributed by atoms with Crippen LogP contribution in [-0.4, -0.2) is 41.5 Å². The highest BCUT2D eigenvalue weighted by Crippen LogP contribution is 2.28. The topological polar surface area (TPSA) is 63.5 Å². The van der Waals surface area contributed by atoms with Gasteiger partial charge in [0.2, 0.25) is 0 Å². The number of hydrogen-bond acceptors (Lipinski definition) is 3. The largest absolute Gasteiger partial charge is 0.488 e. The maximum absolute atomic E-state index is 5.98. The molecule has 3 aromatic rings. The lowest BCUT2D eigenvalue weighted by Gasteiger charge is -2.13. The fourth-order valence-corrected chi connectivity index (χ4v) is 3.43. The maximum Gasteiger partial charge on any atom is 0.191 e. The Morgan fingerprint density at radius 2 is 1.97 bits per heavy atom. The number of hydrogen-bond donors (Lipinski definition) is 2. The summed E-state index contributed by atoms with van der Waals surface area (Å²) in [7, 11) is 0. The van der Waals surface area contributed by atoms with Gasteiger partial charge in [-0.1, -0.05) is 36.4 Å². The zero-order valence-electron chi connectivity index (χ0n) is 16.7. The minimum Gasteiger partial charge on any atom is -0.488 e. The van der Waals surface area contributed by atoms with Crippen molar-refractivity contribution in [2.75, 3.05) is 19.6 Å². The van der Waals surface area contributed by atoms with Gasteiger partial charge in [0.25, 0.3) is 0 Å². The quantitative estimate of drug-likeness (QED) is 0.482. The second-order valence-electron chi connectivity index (χ2n) is 7.08. The molecule has 6 heteroatoms. The molecular formula is C23H27N5O. The number of rotatable bonds is 7. The van der Waals surface area contributed by atoms with Gasteiger partial charge < -0.3 is 15.4 Å².